The third-order valence-electron chi connectivity index (χ3n) is 4.31. The molecule has 0 unspecified atom stereocenters. The summed E-state index contributed by atoms with van der Waals surface area (Å²) >= 11 is 0. The van der Waals surface area contributed by atoms with Crippen molar-refractivity contribution in [1.82, 2.24) is 15.0 Å². The number of aryl methyl sites for hydroxylation is 2. The summed E-state index contributed by atoms with van der Waals surface area (Å²) in [6.07, 6.45) is 3.06. The van der Waals surface area contributed by atoms with Crippen LogP contribution in [0, 0.1) is 6.92 Å². The SMILES string of the molecule is Cc1ccccc1CC(=O)Nc1nc2cc(C=CC(=O)NO)ccc2n1C. The minimum Gasteiger partial charge on any atom is -0.313 e. The molecule has 1 aromatic heterocycles. The van der Waals surface area contributed by atoms with Gasteiger partial charge in [0.25, 0.3) is 5.91 Å². The Balaban J connectivity index is 1.79. The predicted molar refractivity (Wildman–Crippen MR) is 103 cm³/mol. The number of rotatable bonds is 5. The van der Waals surface area contributed by atoms with E-state index in [1.807, 2.05) is 50.4 Å². The van der Waals surface area contributed by atoms with Crippen molar-refractivity contribution in [3.8, 4) is 0 Å². The zero-order valence-corrected chi connectivity index (χ0v) is 15.1. The summed E-state index contributed by atoms with van der Waals surface area (Å²) < 4.78 is 1.80. The second-order valence-corrected chi connectivity index (χ2v) is 6.20. The molecule has 0 atom stereocenters. The van der Waals surface area contributed by atoms with E-state index in [1.54, 1.807) is 16.7 Å². The molecule has 2 aromatic carbocycles. The average Bonchev–Trinajstić information content (AvgIpc) is 2.96. The Morgan fingerprint density at radius 3 is 2.74 bits per heavy atom. The van der Waals surface area contributed by atoms with E-state index in [2.05, 4.69) is 10.3 Å². The maximum absolute atomic E-state index is 12.4. The van der Waals surface area contributed by atoms with Crippen LogP contribution in [0.3, 0.4) is 0 Å². The van der Waals surface area contributed by atoms with Gasteiger partial charge in [-0.1, -0.05) is 30.3 Å². The molecule has 0 aliphatic heterocycles. The normalized spacial score (nSPS) is 11.1. The van der Waals surface area contributed by atoms with Crippen LogP contribution in [0.5, 0.6) is 0 Å². The van der Waals surface area contributed by atoms with Gasteiger partial charge in [-0.2, -0.15) is 0 Å². The lowest BCUT2D eigenvalue weighted by Crippen LogP contribution is -2.17. The van der Waals surface area contributed by atoms with Crippen LogP contribution in [0.4, 0.5) is 5.95 Å². The number of carbonyl (C=O) groups excluding carboxylic acids is 2. The first-order valence-corrected chi connectivity index (χ1v) is 8.41. The molecule has 0 bridgehead atoms. The van der Waals surface area contributed by atoms with Crippen molar-refractivity contribution in [3.63, 3.8) is 0 Å². The number of aromatic nitrogens is 2. The Labute approximate surface area is 156 Å². The molecule has 0 spiro atoms. The fourth-order valence-corrected chi connectivity index (χ4v) is 2.79. The zero-order valence-electron chi connectivity index (χ0n) is 15.1. The zero-order chi connectivity index (χ0) is 19.4. The third kappa shape index (κ3) is 4.21. The van der Waals surface area contributed by atoms with Gasteiger partial charge in [-0.15, -0.1) is 0 Å². The summed E-state index contributed by atoms with van der Waals surface area (Å²) in [4.78, 5) is 28.0. The van der Waals surface area contributed by atoms with Crippen LogP contribution in [0.2, 0.25) is 0 Å². The molecule has 7 heteroatoms. The Morgan fingerprint density at radius 2 is 2.00 bits per heavy atom. The maximum atomic E-state index is 12.4. The van der Waals surface area contributed by atoms with Crippen LogP contribution in [0.25, 0.3) is 17.1 Å². The quantitative estimate of drug-likeness (QED) is 0.368. The molecule has 0 aliphatic carbocycles. The highest BCUT2D eigenvalue weighted by Crippen LogP contribution is 2.20. The van der Waals surface area contributed by atoms with Gasteiger partial charge in [-0.05, 0) is 41.8 Å². The molecule has 3 rings (SSSR count). The van der Waals surface area contributed by atoms with Gasteiger partial charge in [0.05, 0.1) is 17.5 Å². The fourth-order valence-electron chi connectivity index (χ4n) is 2.79. The number of hydroxylamine groups is 1. The van der Waals surface area contributed by atoms with Crippen molar-refractivity contribution in [1.29, 1.82) is 0 Å². The number of hydrogen-bond donors (Lipinski definition) is 3. The first kappa shape index (κ1) is 18.3. The molecule has 27 heavy (non-hydrogen) atoms. The number of hydrogen-bond acceptors (Lipinski definition) is 4. The van der Waals surface area contributed by atoms with Gasteiger partial charge >= 0.3 is 0 Å². The van der Waals surface area contributed by atoms with Gasteiger partial charge in [0.15, 0.2) is 0 Å². The standard InChI is InChI=1S/C20H20N4O3/c1-13-5-3-4-6-15(13)12-19(26)22-20-21-16-11-14(8-10-18(25)23-27)7-9-17(16)24(20)2/h3-11,27H,12H2,1-2H3,(H,23,25)(H,21,22,26). The van der Waals surface area contributed by atoms with E-state index in [9.17, 15) is 9.59 Å². The van der Waals surface area contributed by atoms with E-state index >= 15 is 0 Å². The predicted octanol–water partition coefficient (Wildman–Crippen LogP) is 2.58. The smallest absolute Gasteiger partial charge is 0.267 e. The van der Waals surface area contributed by atoms with Crippen molar-refractivity contribution in [2.45, 2.75) is 13.3 Å². The van der Waals surface area contributed by atoms with E-state index < -0.39 is 5.91 Å². The highest BCUT2D eigenvalue weighted by Gasteiger charge is 2.12. The Bertz CT molecular complexity index is 1040. The maximum Gasteiger partial charge on any atom is 0.267 e. The Hall–Kier alpha value is -3.45. The molecule has 7 nitrogen and oxygen atoms in total. The Morgan fingerprint density at radius 1 is 1.22 bits per heavy atom. The van der Waals surface area contributed by atoms with Gasteiger partial charge in [0, 0.05) is 13.1 Å². The van der Waals surface area contributed by atoms with E-state index in [0.717, 1.165) is 22.2 Å². The lowest BCUT2D eigenvalue weighted by molar-refractivity contribution is -0.124. The fraction of sp³-hybridized carbons (Fsp3) is 0.150. The number of nitrogens with zero attached hydrogens (tertiary/aromatic N) is 2. The summed E-state index contributed by atoms with van der Waals surface area (Å²) in [7, 11) is 1.83. The van der Waals surface area contributed by atoms with Gasteiger partial charge in [-0.3, -0.25) is 20.1 Å². The summed E-state index contributed by atoms with van der Waals surface area (Å²) in [6.45, 7) is 1.98. The van der Waals surface area contributed by atoms with Crippen LogP contribution in [0.1, 0.15) is 16.7 Å². The first-order chi connectivity index (χ1) is 13.0. The van der Waals surface area contributed by atoms with E-state index in [0.29, 0.717) is 11.5 Å². The van der Waals surface area contributed by atoms with Crippen molar-refractivity contribution < 1.29 is 14.8 Å². The number of benzene rings is 2. The number of carbonyl (C=O) groups is 2. The first-order valence-electron chi connectivity index (χ1n) is 8.41. The number of fused-ring (bicyclic) bond motifs is 1. The molecule has 0 saturated heterocycles. The number of anilines is 1. The topological polar surface area (TPSA) is 96.2 Å². The Kier molecular flexibility index (Phi) is 5.33. The minimum atomic E-state index is -0.611. The molecule has 0 saturated carbocycles. The van der Waals surface area contributed by atoms with Gasteiger partial charge in [0.2, 0.25) is 11.9 Å². The summed E-state index contributed by atoms with van der Waals surface area (Å²) in [5.41, 5.74) is 5.88. The molecule has 138 valence electrons. The lowest BCUT2D eigenvalue weighted by Gasteiger charge is -2.07. The van der Waals surface area contributed by atoms with Gasteiger partial charge in [0.1, 0.15) is 0 Å². The second kappa shape index (κ2) is 7.84. The molecule has 2 amide bonds. The van der Waals surface area contributed by atoms with Crippen LogP contribution in [-0.4, -0.2) is 26.6 Å². The highest BCUT2D eigenvalue weighted by molar-refractivity contribution is 5.94. The largest absolute Gasteiger partial charge is 0.313 e. The van der Waals surface area contributed by atoms with Crippen LogP contribution < -0.4 is 10.8 Å². The molecule has 3 N–H and O–H groups in total. The molecule has 0 aliphatic rings. The molecular weight excluding hydrogens is 344 g/mol. The van der Waals surface area contributed by atoms with Gasteiger partial charge < -0.3 is 4.57 Å². The summed E-state index contributed by atoms with van der Waals surface area (Å²) in [5, 5.41) is 11.4. The molecular formula is C20H20N4O3. The van der Waals surface area contributed by atoms with Crippen molar-refractivity contribution in [2.75, 3.05) is 5.32 Å². The summed E-state index contributed by atoms with van der Waals surface area (Å²) in [6, 6.07) is 13.2. The van der Waals surface area contributed by atoms with Crippen molar-refractivity contribution in [3.05, 3.63) is 65.2 Å². The monoisotopic (exact) mass is 364 g/mol. The molecule has 0 radical (unpaired) electrons. The third-order valence-corrected chi connectivity index (χ3v) is 4.31. The number of nitrogens with one attached hydrogen (secondary N) is 2. The van der Waals surface area contributed by atoms with E-state index in [1.165, 1.54) is 11.6 Å². The number of amides is 2. The van der Waals surface area contributed by atoms with E-state index in [-0.39, 0.29) is 12.3 Å². The van der Waals surface area contributed by atoms with Crippen LogP contribution >= 0.6 is 0 Å². The molecule has 0 fully saturated rings. The van der Waals surface area contributed by atoms with E-state index in [4.69, 9.17) is 5.21 Å². The molecule has 1 heterocycles. The highest BCUT2D eigenvalue weighted by atomic mass is 16.5. The molecule has 3 aromatic rings. The second-order valence-electron chi connectivity index (χ2n) is 6.20. The van der Waals surface area contributed by atoms with Crippen molar-refractivity contribution >= 4 is 34.9 Å². The number of imidazole rings is 1. The minimum absolute atomic E-state index is 0.137. The summed E-state index contributed by atoms with van der Waals surface area (Å²) in [5.74, 6) is -0.291. The average molecular weight is 364 g/mol. The van der Waals surface area contributed by atoms with Crippen LogP contribution in [0.15, 0.2) is 48.5 Å². The van der Waals surface area contributed by atoms with Gasteiger partial charge in [-0.25, -0.2) is 10.5 Å². The van der Waals surface area contributed by atoms with Crippen molar-refractivity contribution in [2.24, 2.45) is 7.05 Å². The van der Waals surface area contributed by atoms with Crippen LogP contribution in [-0.2, 0) is 23.1 Å². The lowest BCUT2D eigenvalue weighted by atomic mass is 10.1.